The molecule has 1 saturated heterocycles. The fraction of sp³-hybridized carbons (Fsp3) is 0.500. The van der Waals surface area contributed by atoms with Crippen LogP contribution in [0.25, 0.3) is 0 Å². The number of carbonyl (C=O) groups excluding carboxylic acids is 1. The summed E-state index contributed by atoms with van der Waals surface area (Å²) >= 11 is 0. The fourth-order valence-corrected chi connectivity index (χ4v) is 3.10. The summed E-state index contributed by atoms with van der Waals surface area (Å²) in [5.74, 6) is -0.512. The summed E-state index contributed by atoms with van der Waals surface area (Å²) in [4.78, 5) is 14.2. The molecule has 1 aliphatic rings. The highest BCUT2D eigenvalue weighted by atomic mass is 19.1. The highest BCUT2D eigenvalue weighted by Gasteiger charge is 2.18. The molecule has 2 heterocycles. The summed E-state index contributed by atoms with van der Waals surface area (Å²) in [6, 6.07) is 5.19. The van der Waals surface area contributed by atoms with E-state index in [2.05, 4.69) is 20.9 Å². The SMILES string of the molecule is CN(C)Cc1cc(CNC(=O)c2cn(C3CCNCC3)nn2)ccc1F. The second-order valence-electron chi connectivity index (χ2n) is 6.91. The molecule has 0 bridgehead atoms. The molecule has 140 valence electrons. The number of rotatable bonds is 6. The number of aromatic nitrogens is 3. The molecule has 26 heavy (non-hydrogen) atoms. The molecule has 0 aliphatic carbocycles. The minimum Gasteiger partial charge on any atom is -0.347 e. The number of piperidine rings is 1. The Labute approximate surface area is 152 Å². The van der Waals surface area contributed by atoms with Gasteiger partial charge in [0, 0.05) is 18.7 Å². The van der Waals surface area contributed by atoms with Crippen molar-refractivity contribution in [1.29, 1.82) is 0 Å². The topological polar surface area (TPSA) is 75.1 Å². The van der Waals surface area contributed by atoms with Crippen LogP contribution in [0.3, 0.4) is 0 Å². The summed E-state index contributed by atoms with van der Waals surface area (Å²) in [5.41, 5.74) is 1.76. The van der Waals surface area contributed by atoms with Crippen molar-refractivity contribution >= 4 is 5.91 Å². The zero-order chi connectivity index (χ0) is 18.5. The Morgan fingerprint density at radius 2 is 2.15 bits per heavy atom. The lowest BCUT2D eigenvalue weighted by Gasteiger charge is -2.22. The van der Waals surface area contributed by atoms with Gasteiger partial charge in [-0.2, -0.15) is 0 Å². The Bertz CT molecular complexity index is 754. The van der Waals surface area contributed by atoms with Gasteiger partial charge >= 0.3 is 0 Å². The summed E-state index contributed by atoms with van der Waals surface area (Å²) in [6.45, 7) is 2.73. The number of amides is 1. The normalized spacial score (nSPS) is 15.4. The largest absolute Gasteiger partial charge is 0.347 e. The maximum absolute atomic E-state index is 13.8. The van der Waals surface area contributed by atoms with E-state index in [1.54, 1.807) is 23.0 Å². The van der Waals surface area contributed by atoms with Crippen LogP contribution >= 0.6 is 0 Å². The first-order valence-electron chi connectivity index (χ1n) is 8.85. The summed E-state index contributed by atoms with van der Waals surface area (Å²) in [5, 5.41) is 14.2. The maximum atomic E-state index is 13.8. The highest BCUT2D eigenvalue weighted by Crippen LogP contribution is 2.17. The van der Waals surface area contributed by atoms with Crippen molar-refractivity contribution in [3.05, 3.63) is 47.0 Å². The average Bonchev–Trinajstić information content (AvgIpc) is 3.13. The standard InChI is InChI=1S/C18H25FN6O/c1-24(2)11-14-9-13(3-4-16(14)19)10-21-18(26)17-12-25(23-22-17)15-5-7-20-8-6-15/h3-4,9,12,15,20H,5-8,10-11H2,1-2H3,(H,21,26). The molecule has 3 rings (SSSR count). The molecule has 0 saturated carbocycles. The van der Waals surface area contributed by atoms with Crippen LogP contribution in [0.4, 0.5) is 4.39 Å². The molecule has 0 atom stereocenters. The first kappa shape index (κ1) is 18.5. The molecule has 1 fully saturated rings. The molecule has 2 N–H and O–H groups in total. The van der Waals surface area contributed by atoms with Crippen molar-refractivity contribution in [3.8, 4) is 0 Å². The van der Waals surface area contributed by atoms with E-state index in [1.807, 2.05) is 19.0 Å². The molecular formula is C18H25FN6O. The third-order valence-electron chi connectivity index (χ3n) is 4.48. The van der Waals surface area contributed by atoms with Gasteiger partial charge in [0.2, 0.25) is 0 Å². The number of hydrogen-bond donors (Lipinski definition) is 2. The number of halogens is 1. The van der Waals surface area contributed by atoms with Gasteiger partial charge in [0.25, 0.3) is 5.91 Å². The Kier molecular flexibility index (Phi) is 5.95. The molecule has 2 aromatic rings. The lowest BCUT2D eigenvalue weighted by atomic mass is 10.1. The van der Waals surface area contributed by atoms with Gasteiger partial charge < -0.3 is 15.5 Å². The van der Waals surface area contributed by atoms with Gasteiger partial charge in [0.15, 0.2) is 5.69 Å². The predicted octanol–water partition coefficient (Wildman–Crippen LogP) is 1.33. The molecule has 1 aromatic carbocycles. The van der Waals surface area contributed by atoms with E-state index >= 15 is 0 Å². The van der Waals surface area contributed by atoms with Crippen LogP contribution in [0.1, 0.15) is 40.5 Å². The van der Waals surface area contributed by atoms with Gasteiger partial charge in [0.1, 0.15) is 5.82 Å². The van der Waals surface area contributed by atoms with Crippen LogP contribution in [-0.4, -0.2) is 53.0 Å². The van der Waals surface area contributed by atoms with E-state index in [4.69, 9.17) is 0 Å². The van der Waals surface area contributed by atoms with Gasteiger partial charge in [-0.25, -0.2) is 9.07 Å². The number of nitrogens with zero attached hydrogens (tertiary/aromatic N) is 4. The van der Waals surface area contributed by atoms with Crippen LogP contribution in [0, 0.1) is 5.82 Å². The molecule has 7 nitrogen and oxygen atoms in total. The first-order valence-corrected chi connectivity index (χ1v) is 8.85. The zero-order valence-corrected chi connectivity index (χ0v) is 15.2. The molecular weight excluding hydrogens is 335 g/mol. The molecule has 1 amide bonds. The van der Waals surface area contributed by atoms with Gasteiger partial charge in [-0.05, 0) is 57.7 Å². The lowest BCUT2D eigenvalue weighted by molar-refractivity contribution is 0.0945. The summed E-state index contributed by atoms with van der Waals surface area (Å²) in [7, 11) is 3.78. The van der Waals surface area contributed by atoms with Crippen LogP contribution in [0.2, 0.25) is 0 Å². The molecule has 0 radical (unpaired) electrons. The quantitative estimate of drug-likeness (QED) is 0.813. The van der Waals surface area contributed by atoms with E-state index in [9.17, 15) is 9.18 Å². The van der Waals surface area contributed by atoms with Crippen molar-refractivity contribution in [2.45, 2.75) is 32.0 Å². The number of carbonyl (C=O) groups is 1. The first-order chi connectivity index (χ1) is 12.5. The van der Waals surface area contributed by atoms with Crippen molar-refractivity contribution in [3.63, 3.8) is 0 Å². The second kappa shape index (κ2) is 8.37. The van der Waals surface area contributed by atoms with Crippen molar-refractivity contribution in [1.82, 2.24) is 30.5 Å². The average molecular weight is 360 g/mol. The van der Waals surface area contributed by atoms with Crippen LogP contribution in [0.15, 0.2) is 24.4 Å². The Morgan fingerprint density at radius 3 is 2.88 bits per heavy atom. The Morgan fingerprint density at radius 1 is 1.38 bits per heavy atom. The Hall–Kier alpha value is -2.32. The minimum absolute atomic E-state index is 0.237. The van der Waals surface area contributed by atoms with Crippen LogP contribution < -0.4 is 10.6 Å². The molecule has 1 aliphatic heterocycles. The summed E-state index contributed by atoms with van der Waals surface area (Å²) < 4.78 is 15.6. The number of nitrogens with one attached hydrogen (secondary N) is 2. The monoisotopic (exact) mass is 360 g/mol. The number of hydrogen-bond acceptors (Lipinski definition) is 5. The van der Waals surface area contributed by atoms with E-state index in [0.29, 0.717) is 24.3 Å². The molecule has 8 heteroatoms. The second-order valence-corrected chi connectivity index (χ2v) is 6.91. The van der Waals surface area contributed by atoms with E-state index in [1.165, 1.54) is 6.07 Å². The van der Waals surface area contributed by atoms with Crippen LogP contribution in [0.5, 0.6) is 0 Å². The van der Waals surface area contributed by atoms with Gasteiger partial charge in [-0.1, -0.05) is 11.3 Å². The minimum atomic E-state index is -0.274. The van der Waals surface area contributed by atoms with Crippen molar-refractivity contribution in [2.75, 3.05) is 27.2 Å². The van der Waals surface area contributed by atoms with E-state index < -0.39 is 0 Å². The zero-order valence-electron chi connectivity index (χ0n) is 15.2. The van der Waals surface area contributed by atoms with Crippen molar-refractivity contribution < 1.29 is 9.18 Å². The third kappa shape index (κ3) is 4.64. The van der Waals surface area contributed by atoms with Crippen molar-refractivity contribution in [2.24, 2.45) is 0 Å². The lowest BCUT2D eigenvalue weighted by Crippen LogP contribution is -2.29. The molecule has 0 unspecified atom stereocenters. The van der Waals surface area contributed by atoms with Gasteiger partial charge in [0.05, 0.1) is 12.2 Å². The highest BCUT2D eigenvalue weighted by molar-refractivity contribution is 5.91. The smallest absolute Gasteiger partial charge is 0.273 e. The van der Waals surface area contributed by atoms with E-state index in [-0.39, 0.29) is 17.8 Å². The fourth-order valence-electron chi connectivity index (χ4n) is 3.10. The Balaban J connectivity index is 1.59. The van der Waals surface area contributed by atoms with Gasteiger partial charge in [-0.15, -0.1) is 5.10 Å². The summed E-state index contributed by atoms with van der Waals surface area (Å²) in [6.07, 6.45) is 3.66. The molecule has 0 spiro atoms. The van der Waals surface area contributed by atoms with Gasteiger partial charge in [-0.3, -0.25) is 4.79 Å². The van der Waals surface area contributed by atoms with Crippen LogP contribution in [-0.2, 0) is 13.1 Å². The molecule has 1 aromatic heterocycles. The third-order valence-corrected chi connectivity index (χ3v) is 4.48. The number of benzene rings is 1. The van der Waals surface area contributed by atoms with E-state index in [0.717, 1.165) is 31.5 Å². The predicted molar refractivity (Wildman–Crippen MR) is 96.1 cm³/mol. The maximum Gasteiger partial charge on any atom is 0.273 e.